The van der Waals surface area contributed by atoms with Crippen molar-refractivity contribution < 1.29 is 19.4 Å². The molecule has 0 saturated carbocycles. The lowest BCUT2D eigenvalue weighted by Crippen LogP contribution is -2.39. The van der Waals surface area contributed by atoms with Gasteiger partial charge in [-0.1, -0.05) is 18.1 Å². The monoisotopic (exact) mass is 469 g/mol. The Balaban J connectivity index is 2.37. The number of carbonyl (C=O) groups is 1. The molecule has 0 spiro atoms. The largest absolute Gasteiger partial charge is 0.459 e. The summed E-state index contributed by atoms with van der Waals surface area (Å²) in [6.45, 7) is 2.61. The number of halogens is 1. The van der Waals surface area contributed by atoms with Crippen molar-refractivity contribution in [1.82, 2.24) is 5.32 Å². The summed E-state index contributed by atoms with van der Waals surface area (Å²) in [5.41, 5.74) is 1.09. The van der Waals surface area contributed by atoms with E-state index in [2.05, 4.69) is 46.0 Å². The molecular formula is C20H24INO4. The van der Waals surface area contributed by atoms with E-state index in [1.54, 1.807) is 0 Å². The lowest BCUT2D eigenvalue weighted by Gasteiger charge is -2.37. The van der Waals surface area contributed by atoms with Crippen LogP contribution in [0.3, 0.4) is 0 Å². The van der Waals surface area contributed by atoms with Crippen LogP contribution in [0.25, 0.3) is 0 Å². The summed E-state index contributed by atoms with van der Waals surface area (Å²) in [7, 11) is 0. The first-order valence-corrected chi connectivity index (χ1v) is 9.76. The molecule has 0 radical (unpaired) electrons. The van der Waals surface area contributed by atoms with Gasteiger partial charge in [-0.05, 0) is 66.1 Å². The highest BCUT2D eigenvalue weighted by Gasteiger charge is 2.37. The maximum absolute atomic E-state index is 12.4. The third-order valence-corrected chi connectivity index (χ3v) is 4.96. The van der Waals surface area contributed by atoms with E-state index in [0.29, 0.717) is 13.0 Å². The predicted molar refractivity (Wildman–Crippen MR) is 108 cm³/mol. The van der Waals surface area contributed by atoms with Gasteiger partial charge in [0.15, 0.2) is 5.76 Å². The van der Waals surface area contributed by atoms with Gasteiger partial charge in [-0.2, -0.15) is 0 Å². The van der Waals surface area contributed by atoms with E-state index in [4.69, 9.17) is 15.9 Å². The highest BCUT2D eigenvalue weighted by atomic mass is 127. The molecule has 1 aromatic carbocycles. The van der Waals surface area contributed by atoms with Crippen LogP contribution in [-0.4, -0.2) is 37.1 Å². The van der Waals surface area contributed by atoms with Crippen molar-refractivity contribution in [3.63, 3.8) is 0 Å². The van der Waals surface area contributed by atoms with Gasteiger partial charge in [-0.3, -0.25) is 4.79 Å². The minimum atomic E-state index is -0.549. The van der Waals surface area contributed by atoms with Crippen LogP contribution in [0.1, 0.15) is 31.2 Å². The van der Waals surface area contributed by atoms with Crippen LogP contribution in [0.5, 0.6) is 0 Å². The fourth-order valence-corrected chi connectivity index (χ4v) is 3.41. The van der Waals surface area contributed by atoms with E-state index < -0.39 is 6.29 Å². The number of allylic oxidation sites excluding steroid dienone is 1. The second kappa shape index (κ2) is 10.6. The molecule has 5 nitrogen and oxygen atoms in total. The first kappa shape index (κ1) is 20.7. The summed E-state index contributed by atoms with van der Waals surface area (Å²) in [4.78, 5) is 12.4. The van der Waals surface area contributed by atoms with Crippen molar-refractivity contribution in [1.29, 1.82) is 0 Å². The molecule has 1 aromatic rings. The minimum Gasteiger partial charge on any atom is -0.459 e. The summed E-state index contributed by atoms with van der Waals surface area (Å²) >= 11 is 2.26. The molecule has 0 aromatic heterocycles. The molecule has 3 atom stereocenters. The Labute approximate surface area is 168 Å². The van der Waals surface area contributed by atoms with Crippen molar-refractivity contribution in [2.45, 2.75) is 32.0 Å². The highest BCUT2D eigenvalue weighted by molar-refractivity contribution is 14.1. The van der Waals surface area contributed by atoms with Gasteiger partial charge >= 0.3 is 0 Å². The summed E-state index contributed by atoms with van der Waals surface area (Å²) in [6.07, 6.45) is 7.88. The summed E-state index contributed by atoms with van der Waals surface area (Å²) in [6, 6.07) is 8.19. The highest BCUT2D eigenvalue weighted by Crippen LogP contribution is 2.39. The Kier molecular flexibility index (Phi) is 8.42. The molecule has 0 fully saturated rings. The topological polar surface area (TPSA) is 67.8 Å². The van der Waals surface area contributed by atoms with Crippen LogP contribution >= 0.6 is 22.6 Å². The Bertz CT molecular complexity index is 665. The molecule has 0 saturated heterocycles. The number of hydrogen-bond donors (Lipinski definition) is 2. The van der Waals surface area contributed by atoms with Crippen LogP contribution in [0.2, 0.25) is 0 Å². The lowest BCUT2D eigenvalue weighted by molar-refractivity contribution is -0.166. The molecule has 140 valence electrons. The normalized spacial score (nSPS) is 22.1. The van der Waals surface area contributed by atoms with Gasteiger partial charge in [-0.25, -0.2) is 0 Å². The average Bonchev–Trinajstić information content (AvgIpc) is 2.65. The summed E-state index contributed by atoms with van der Waals surface area (Å²) < 4.78 is 12.8. The zero-order valence-corrected chi connectivity index (χ0v) is 16.9. The predicted octanol–water partition coefficient (Wildman–Crippen LogP) is 2.79. The SMILES string of the molecule is C#CCNC(=O)C1=C[C@@H](c2ccc(I)cc2)[C@H](CCCO)[C@@H](OCC)O1. The number of aliphatic hydroxyl groups excluding tert-OH is 1. The molecular weight excluding hydrogens is 445 g/mol. The number of rotatable bonds is 8. The molecule has 1 aliphatic heterocycles. The molecule has 1 heterocycles. The molecule has 1 aliphatic rings. The quantitative estimate of drug-likeness (QED) is 0.454. The third-order valence-electron chi connectivity index (χ3n) is 4.24. The van der Waals surface area contributed by atoms with Crippen LogP contribution in [0, 0.1) is 21.8 Å². The van der Waals surface area contributed by atoms with Crippen molar-refractivity contribution in [3.8, 4) is 12.3 Å². The van der Waals surface area contributed by atoms with E-state index in [-0.39, 0.29) is 36.7 Å². The Hall–Kier alpha value is -1.56. The lowest BCUT2D eigenvalue weighted by atomic mass is 9.80. The van der Waals surface area contributed by atoms with Crippen LogP contribution < -0.4 is 5.32 Å². The fourth-order valence-electron chi connectivity index (χ4n) is 3.05. The van der Waals surface area contributed by atoms with Gasteiger partial charge in [0.1, 0.15) is 0 Å². The van der Waals surface area contributed by atoms with Gasteiger partial charge in [0.05, 0.1) is 6.54 Å². The second-order valence-corrected chi connectivity index (χ2v) is 7.21. The summed E-state index contributed by atoms with van der Waals surface area (Å²) in [5.74, 6) is 2.23. The van der Waals surface area contributed by atoms with Gasteiger partial charge < -0.3 is 19.9 Å². The number of terminal acetylenes is 1. The Morgan fingerprint density at radius 2 is 2.15 bits per heavy atom. The van der Waals surface area contributed by atoms with Crippen LogP contribution in [0.4, 0.5) is 0 Å². The molecule has 2 N–H and O–H groups in total. The Morgan fingerprint density at radius 1 is 1.42 bits per heavy atom. The molecule has 6 heteroatoms. The maximum atomic E-state index is 12.4. The number of benzene rings is 1. The number of carbonyl (C=O) groups excluding carboxylic acids is 1. The van der Waals surface area contributed by atoms with Gasteiger partial charge in [0.2, 0.25) is 6.29 Å². The van der Waals surface area contributed by atoms with E-state index in [1.807, 2.05) is 25.1 Å². The fraction of sp³-hybridized carbons (Fsp3) is 0.450. The second-order valence-electron chi connectivity index (χ2n) is 5.97. The minimum absolute atomic E-state index is 0.00587. The molecule has 0 aliphatic carbocycles. The Morgan fingerprint density at radius 3 is 2.77 bits per heavy atom. The zero-order chi connectivity index (χ0) is 18.9. The number of amides is 1. The van der Waals surface area contributed by atoms with Gasteiger partial charge in [0.25, 0.3) is 5.91 Å². The van der Waals surface area contributed by atoms with Crippen molar-refractivity contribution in [2.75, 3.05) is 19.8 Å². The van der Waals surface area contributed by atoms with Crippen molar-refractivity contribution >= 4 is 28.5 Å². The van der Waals surface area contributed by atoms with Crippen molar-refractivity contribution in [2.24, 2.45) is 5.92 Å². The standard InChI is InChI=1S/C20H24INO4/c1-3-11-22-19(24)18-13-17(14-7-9-15(21)10-8-14)16(6-5-12-23)20(26-18)25-4-2/h1,7-10,13,16-17,20,23H,4-6,11-12H2,2H3,(H,22,24)/t16-,17-,20-/m0/s1. The van der Waals surface area contributed by atoms with E-state index in [1.165, 1.54) is 0 Å². The number of hydrogen-bond acceptors (Lipinski definition) is 4. The first-order valence-electron chi connectivity index (χ1n) is 8.68. The maximum Gasteiger partial charge on any atom is 0.286 e. The average molecular weight is 469 g/mol. The summed E-state index contributed by atoms with van der Waals surface area (Å²) in [5, 5.41) is 11.9. The van der Waals surface area contributed by atoms with Crippen LogP contribution in [-0.2, 0) is 14.3 Å². The number of nitrogens with one attached hydrogen (secondary N) is 1. The molecule has 0 bridgehead atoms. The van der Waals surface area contributed by atoms with E-state index in [0.717, 1.165) is 15.6 Å². The molecule has 1 amide bonds. The van der Waals surface area contributed by atoms with E-state index >= 15 is 0 Å². The first-order chi connectivity index (χ1) is 12.6. The van der Waals surface area contributed by atoms with Gasteiger partial charge in [0, 0.05) is 28.6 Å². The zero-order valence-electron chi connectivity index (χ0n) is 14.8. The molecule has 2 rings (SSSR count). The van der Waals surface area contributed by atoms with Crippen molar-refractivity contribution in [3.05, 3.63) is 45.2 Å². The smallest absolute Gasteiger partial charge is 0.286 e. The number of ether oxygens (including phenoxy) is 2. The third kappa shape index (κ3) is 5.47. The molecule has 0 unspecified atom stereocenters. The number of aliphatic hydroxyl groups is 1. The van der Waals surface area contributed by atoms with E-state index in [9.17, 15) is 9.90 Å². The molecule has 26 heavy (non-hydrogen) atoms. The van der Waals surface area contributed by atoms with Gasteiger partial charge in [-0.15, -0.1) is 6.42 Å². The van der Waals surface area contributed by atoms with Crippen LogP contribution in [0.15, 0.2) is 36.1 Å².